The number of sulfonamides is 1. The molecule has 2 rings (SSSR count). The molecule has 2 N–H and O–H groups in total. The van der Waals surface area contributed by atoms with E-state index in [2.05, 4.69) is 0 Å². The predicted octanol–water partition coefficient (Wildman–Crippen LogP) is 1.67. The van der Waals surface area contributed by atoms with Gasteiger partial charge in [-0.2, -0.15) is 13.2 Å². The molecule has 2 aromatic rings. The number of nitrogens with zero attached hydrogens (tertiary/aromatic N) is 1. The first-order chi connectivity index (χ1) is 10.6. The molecule has 0 unspecified atom stereocenters. The molecule has 0 saturated heterocycles. The van der Waals surface area contributed by atoms with Gasteiger partial charge in [-0.1, -0.05) is 6.07 Å². The molecular weight excluding hydrogens is 335 g/mol. The van der Waals surface area contributed by atoms with E-state index < -0.39 is 32.6 Å². The molecule has 0 radical (unpaired) electrons. The summed E-state index contributed by atoms with van der Waals surface area (Å²) in [7, 11) is -2.75. The van der Waals surface area contributed by atoms with Gasteiger partial charge >= 0.3 is 6.18 Å². The number of hydrazine groups is 1. The smallest absolute Gasteiger partial charge is 0.347 e. The van der Waals surface area contributed by atoms with Crippen LogP contribution in [0.15, 0.2) is 47.5 Å². The Labute approximate surface area is 129 Å². The number of nitrogens with one attached hydrogen (secondary N) is 2. The van der Waals surface area contributed by atoms with E-state index in [0.29, 0.717) is 6.07 Å². The van der Waals surface area contributed by atoms with E-state index in [9.17, 15) is 26.4 Å². The number of amides is 1. The Morgan fingerprint density at radius 1 is 1.17 bits per heavy atom. The van der Waals surface area contributed by atoms with Gasteiger partial charge in [-0.15, -0.1) is 4.83 Å². The fourth-order valence-electron chi connectivity index (χ4n) is 1.77. The van der Waals surface area contributed by atoms with Crippen LogP contribution in [0.25, 0.3) is 0 Å². The highest BCUT2D eigenvalue weighted by molar-refractivity contribution is 7.89. The van der Waals surface area contributed by atoms with Crippen molar-refractivity contribution < 1.29 is 26.4 Å². The third-order valence-electron chi connectivity index (χ3n) is 2.95. The summed E-state index contributed by atoms with van der Waals surface area (Å²) in [6, 6.07) is 6.23. The number of hydrogen-bond acceptors (Lipinski definition) is 3. The Balaban J connectivity index is 2.17. The molecular formula is C13H12F3N3O3S. The number of aromatic nitrogens is 1. The second-order valence-electron chi connectivity index (χ2n) is 4.59. The number of hydrogen-bond donors (Lipinski definition) is 2. The van der Waals surface area contributed by atoms with Crippen LogP contribution >= 0.6 is 0 Å². The summed E-state index contributed by atoms with van der Waals surface area (Å²) in [4.78, 5) is 12.9. The van der Waals surface area contributed by atoms with Gasteiger partial charge in [0.1, 0.15) is 5.69 Å². The lowest BCUT2D eigenvalue weighted by Crippen LogP contribution is -2.42. The van der Waals surface area contributed by atoms with Gasteiger partial charge in [-0.05, 0) is 30.3 Å². The average Bonchev–Trinajstić information content (AvgIpc) is 2.90. The zero-order chi connectivity index (χ0) is 17.3. The fraction of sp³-hybridized carbons (Fsp3) is 0.154. The van der Waals surface area contributed by atoms with E-state index in [1.807, 2.05) is 5.43 Å². The Hall–Kier alpha value is -2.33. The molecule has 0 atom stereocenters. The van der Waals surface area contributed by atoms with Crippen LogP contribution in [0.3, 0.4) is 0 Å². The molecule has 0 spiro atoms. The van der Waals surface area contributed by atoms with Gasteiger partial charge in [0.2, 0.25) is 0 Å². The molecule has 0 fully saturated rings. The lowest BCUT2D eigenvalue weighted by molar-refractivity contribution is -0.137. The van der Waals surface area contributed by atoms with Gasteiger partial charge in [-0.3, -0.25) is 10.2 Å². The van der Waals surface area contributed by atoms with E-state index in [1.165, 1.54) is 10.6 Å². The number of rotatable bonds is 4. The van der Waals surface area contributed by atoms with Crippen molar-refractivity contribution in [1.29, 1.82) is 0 Å². The summed E-state index contributed by atoms with van der Waals surface area (Å²) in [6.45, 7) is 0. The van der Waals surface area contributed by atoms with Crippen molar-refractivity contribution in [3.05, 3.63) is 53.9 Å². The maximum absolute atomic E-state index is 12.6. The minimum atomic E-state index is -4.67. The second kappa shape index (κ2) is 6.05. The van der Waals surface area contributed by atoms with Crippen molar-refractivity contribution in [2.24, 2.45) is 7.05 Å². The van der Waals surface area contributed by atoms with E-state index in [0.717, 1.165) is 18.2 Å². The molecule has 6 nitrogen and oxygen atoms in total. The number of carbonyl (C=O) groups excluding carboxylic acids is 1. The average molecular weight is 347 g/mol. The van der Waals surface area contributed by atoms with Crippen molar-refractivity contribution in [2.45, 2.75) is 11.1 Å². The third-order valence-corrected chi connectivity index (χ3v) is 4.19. The SMILES string of the molecule is Cn1cccc1C(=O)NNS(=O)(=O)c1cccc(C(F)(F)F)c1. The van der Waals surface area contributed by atoms with Gasteiger partial charge in [0.15, 0.2) is 0 Å². The van der Waals surface area contributed by atoms with Gasteiger partial charge in [-0.25, -0.2) is 8.42 Å². The molecule has 124 valence electrons. The van der Waals surface area contributed by atoms with Gasteiger partial charge in [0, 0.05) is 13.2 Å². The van der Waals surface area contributed by atoms with Crippen LogP contribution in [0.4, 0.5) is 13.2 Å². The lowest BCUT2D eigenvalue weighted by atomic mass is 10.2. The van der Waals surface area contributed by atoms with Crippen LogP contribution in [0.5, 0.6) is 0 Å². The highest BCUT2D eigenvalue weighted by atomic mass is 32.2. The van der Waals surface area contributed by atoms with Crippen LogP contribution < -0.4 is 10.3 Å². The van der Waals surface area contributed by atoms with Crippen LogP contribution in [-0.2, 0) is 23.2 Å². The molecule has 1 amide bonds. The van der Waals surface area contributed by atoms with Crippen molar-refractivity contribution in [3.8, 4) is 0 Å². The van der Waals surface area contributed by atoms with Crippen LogP contribution in [0, 0.1) is 0 Å². The quantitative estimate of drug-likeness (QED) is 0.826. The summed E-state index contributed by atoms with van der Waals surface area (Å²) in [5.41, 5.74) is 1.02. The number of carbonyl (C=O) groups is 1. The number of alkyl halides is 3. The van der Waals surface area contributed by atoms with Crippen molar-refractivity contribution in [3.63, 3.8) is 0 Å². The Kier molecular flexibility index (Phi) is 4.48. The van der Waals surface area contributed by atoms with Crippen molar-refractivity contribution in [2.75, 3.05) is 0 Å². The molecule has 1 heterocycles. The van der Waals surface area contributed by atoms with Crippen molar-refractivity contribution in [1.82, 2.24) is 14.8 Å². The monoisotopic (exact) mass is 347 g/mol. The standard InChI is InChI=1S/C13H12F3N3O3S/c1-19-7-3-6-11(19)12(20)17-18-23(21,22)10-5-2-4-9(8-10)13(14,15)16/h2-8,18H,1H3,(H,17,20). The minimum absolute atomic E-state index is 0.178. The van der Waals surface area contributed by atoms with Crippen LogP contribution in [0.1, 0.15) is 16.1 Å². The molecule has 23 heavy (non-hydrogen) atoms. The summed E-state index contributed by atoms with van der Waals surface area (Å²) in [5, 5.41) is 0. The highest BCUT2D eigenvalue weighted by Gasteiger charge is 2.31. The first kappa shape index (κ1) is 17.0. The maximum Gasteiger partial charge on any atom is 0.416 e. The summed E-state index contributed by atoms with van der Waals surface area (Å²) in [6.07, 6.45) is -3.09. The summed E-state index contributed by atoms with van der Waals surface area (Å²) in [5.74, 6) is -0.743. The molecule has 0 aliphatic carbocycles. The van der Waals surface area contributed by atoms with E-state index >= 15 is 0 Å². The largest absolute Gasteiger partial charge is 0.416 e. The van der Waals surface area contributed by atoms with Crippen LogP contribution in [-0.4, -0.2) is 18.9 Å². The topological polar surface area (TPSA) is 80.2 Å². The fourth-order valence-corrected chi connectivity index (χ4v) is 2.66. The molecule has 0 saturated carbocycles. The van der Waals surface area contributed by atoms with Gasteiger partial charge in [0.25, 0.3) is 15.9 Å². The highest BCUT2D eigenvalue weighted by Crippen LogP contribution is 2.30. The molecule has 0 aliphatic heterocycles. The Morgan fingerprint density at radius 2 is 1.87 bits per heavy atom. The Bertz CT molecular complexity index is 828. The number of halogens is 3. The molecule has 1 aromatic heterocycles. The normalized spacial score (nSPS) is 12.2. The van der Waals surface area contributed by atoms with Gasteiger partial charge < -0.3 is 4.57 Å². The van der Waals surface area contributed by atoms with E-state index in [1.54, 1.807) is 24.1 Å². The predicted molar refractivity (Wildman–Crippen MR) is 74.6 cm³/mol. The molecule has 1 aromatic carbocycles. The Morgan fingerprint density at radius 3 is 2.43 bits per heavy atom. The lowest BCUT2D eigenvalue weighted by Gasteiger charge is -2.11. The minimum Gasteiger partial charge on any atom is -0.347 e. The summed E-state index contributed by atoms with van der Waals surface area (Å²) < 4.78 is 63.2. The zero-order valence-electron chi connectivity index (χ0n) is 11.8. The summed E-state index contributed by atoms with van der Waals surface area (Å²) >= 11 is 0. The second-order valence-corrected chi connectivity index (χ2v) is 6.27. The molecule has 0 bridgehead atoms. The number of aryl methyl sites for hydroxylation is 1. The molecule has 10 heteroatoms. The first-order valence-corrected chi connectivity index (χ1v) is 7.70. The van der Waals surface area contributed by atoms with Crippen molar-refractivity contribution >= 4 is 15.9 Å². The molecule has 0 aliphatic rings. The first-order valence-electron chi connectivity index (χ1n) is 6.22. The van der Waals surface area contributed by atoms with Gasteiger partial charge in [0.05, 0.1) is 10.5 Å². The maximum atomic E-state index is 12.6. The third kappa shape index (κ3) is 3.90. The van der Waals surface area contributed by atoms with E-state index in [4.69, 9.17) is 0 Å². The van der Waals surface area contributed by atoms with E-state index in [-0.39, 0.29) is 5.69 Å². The number of benzene rings is 1. The van der Waals surface area contributed by atoms with Crippen LogP contribution in [0.2, 0.25) is 0 Å². The zero-order valence-corrected chi connectivity index (χ0v) is 12.6.